The lowest BCUT2D eigenvalue weighted by atomic mass is 9.91. The average Bonchev–Trinajstić information content (AvgIpc) is 3.30. The fourth-order valence-corrected chi connectivity index (χ4v) is 4.70. The van der Waals surface area contributed by atoms with E-state index >= 15 is 0 Å². The first kappa shape index (κ1) is 24.1. The van der Waals surface area contributed by atoms with Crippen LogP contribution in [0, 0.1) is 11.8 Å². The molecular weight excluding hydrogens is 442 g/mol. The minimum Gasteiger partial charge on any atom is -0.478 e. The summed E-state index contributed by atoms with van der Waals surface area (Å²) in [4.78, 5) is 27.5. The van der Waals surface area contributed by atoms with Gasteiger partial charge in [-0.25, -0.2) is 9.59 Å². The number of hydrogen-bond donors (Lipinski definition) is 3. The smallest absolute Gasteiger partial charge is 0.328 e. The fraction of sp³-hybridized carbons (Fsp3) is 0.286. The number of carbonyl (C=O) groups is 2. The summed E-state index contributed by atoms with van der Waals surface area (Å²) < 4.78 is 0. The lowest BCUT2D eigenvalue weighted by Crippen LogP contribution is -2.59. The molecule has 2 aliphatic rings. The average molecular weight is 472 g/mol. The van der Waals surface area contributed by atoms with E-state index in [4.69, 9.17) is 10.2 Å². The van der Waals surface area contributed by atoms with E-state index in [0.717, 1.165) is 29.7 Å². The summed E-state index contributed by atoms with van der Waals surface area (Å²) in [5, 5.41) is 16.8. The molecule has 2 unspecified atom stereocenters. The molecule has 3 N–H and O–H groups in total. The fourth-order valence-electron chi connectivity index (χ4n) is 4.70. The van der Waals surface area contributed by atoms with Crippen LogP contribution in [0.5, 0.6) is 0 Å². The maximum Gasteiger partial charge on any atom is 0.328 e. The number of benzene rings is 2. The quantitative estimate of drug-likeness (QED) is 0.395. The number of fused-ring (bicyclic) bond motifs is 3. The van der Waals surface area contributed by atoms with E-state index in [0.29, 0.717) is 24.2 Å². The summed E-state index contributed by atoms with van der Waals surface area (Å²) in [6.07, 6.45) is 7.13. The van der Waals surface area contributed by atoms with Crippen LogP contribution in [-0.4, -0.2) is 64.3 Å². The Morgan fingerprint density at radius 2 is 1.51 bits per heavy atom. The van der Waals surface area contributed by atoms with Crippen molar-refractivity contribution in [3.8, 4) is 11.8 Å². The van der Waals surface area contributed by atoms with Crippen LogP contribution in [0.1, 0.15) is 30.4 Å². The van der Waals surface area contributed by atoms with Gasteiger partial charge in [-0.05, 0) is 68.4 Å². The first-order valence-corrected chi connectivity index (χ1v) is 11.7. The highest BCUT2D eigenvalue weighted by atomic mass is 16.4. The van der Waals surface area contributed by atoms with Gasteiger partial charge in [0.25, 0.3) is 0 Å². The largest absolute Gasteiger partial charge is 0.478 e. The number of carboxylic acids is 2. The molecule has 35 heavy (non-hydrogen) atoms. The van der Waals surface area contributed by atoms with Crippen molar-refractivity contribution < 1.29 is 19.8 Å². The Morgan fingerprint density at radius 1 is 0.914 bits per heavy atom. The number of piperazine rings is 1. The predicted molar refractivity (Wildman–Crippen MR) is 137 cm³/mol. The lowest BCUT2D eigenvalue weighted by Gasteiger charge is -2.49. The van der Waals surface area contributed by atoms with Gasteiger partial charge in [-0.3, -0.25) is 4.90 Å². The summed E-state index contributed by atoms with van der Waals surface area (Å²) >= 11 is 0. The number of rotatable bonds is 3. The molecule has 7 nitrogen and oxygen atoms in total. The molecule has 3 aromatic rings. The van der Waals surface area contributed by atoms with Gasteiger partial charge in [0.1, 0.15) is 0 Å². The van der Waals surface area contributed by atoms with Gasteiger partial charge < -0.3 is 20.1 Å². The van der Waals surface area contributed by atoms with E-state index in [-0.39, 0.29) is 0 Å². The van der Waals surface area contributed by atoms with Crippen molar-refractivity contribution in [2.24, 2.45) is 0 Å². The maximum atomic E-state index is 9.55. The van der Waals surface area contributed by atoms with Crippen LogP contribution in [0.15, 0.2) is 66.9 Å². The molecule has 0 amide bonds. The Kier molecular flexibility index (Phi) is 7.54. The molecular formula is C28H29N3O4. The predicted octanol–water partition coefficient (Wildman–Crippen LogP) is 3.95. The molecule has 180 valence electrons. The van der Waals surface area contributed by atoms with Crippen molar-refractivity contribution in [2.75, 3.05) is 25.0 Å². The van der Waals surface area contributed by atoms with Crippen molar-refractivity contribution >= 4 is 28.5 Å². The molecule has 2 fully saturated rings. The second kappa shape index (κ2) is 10.9. The third-order valence-corrected chi connectivity index (χ3v) is 6.59. The standard InChI is InChI=1S/C24H25N3.C4H4O4/c1-26-22-3-2-4-23(26)17-27(16-22)21-10-7-18(8-11-21)5-6-19-9-12-24-20(15-19)13-14-25-24;5-3(6)1-2-4(7)8/h7-15,22-23,25H,2-4,16-17H2,1H3;1-2H,(H,5,6)(H,7,8)/b;2-1+. The third kappa shape index (κ3) is 6.31. The number of piperidine rings is 1. The molecule has 0 radical (unpaired) electrons. The molecule has 3 heterocycles. The van der Waals surface area contributed by atoms with Gasteiger partial charge >= 0.3 is 11.9 Å². The molecule has 2 saturated heterocycles. The van der Waals surface area contributed by atoms with E-state index in [9.17, 15) is 9.59 Å². The van der Waals surface area contributed by atoms with Crippen molar-refractivity contribution in [3.05, 3.63) is 78.0 Å². The summed E-state index contributed by atoms with van der Waals surface area (Å²) in [5.74, 6) is 4.09. The van der Waals surface area contributed by atoms with E-state index in [2.05, 4.69) is 82.2 Å². The van der Waals surface area contributed by atoms with E-state index < -0.39 is 11.9 Å². The SMILES string of the molecule is CN1C2CCCC1CN(c1ccc(C#Cc3ccc4[nH]ccc4c3)cc1)C2.O=C(O)/C=C/C(=O)O. The number of aromatic amines is 1. The van der Waals surface area contributed by atoms with Gasteiger partial charge in [0.15, 0.2) is 0 Å². The highest BCUT2D eigenvalue weighted by Crippen LogP contribution is 2.30. The van der Waals surface area contributed by atoms with Crippen LogP contribution in [0.4, 0.5) is 5.69 Å². The number of carboxylic acid groups (broad SMARTS) is 2. The molecule has 1 aromatic heterocycles. The Labute approximate surface area is 204 Å². The van der Waals surface area contributed by atoms with E-state index in [1.165, 1.54) is 30.3 Å². The second-order valence-electron chi connectivity index (χ2n) is 8.90. The van der Waals surface area contributed by atoms with Gasteiger partial charge in [-0.2, -0.15) is 0 Å². The minimum atomic E-state index is -1.26. The number of likely N-dealkylation sites (N-methyl/N-ethyl adjacent to an activating group) is 1. The normalized spacial score (nSPS) is 19.5. The van der Waals surface area contributed by atoms with Crippen molar-refractivity contribution in [3.63, 3.8) is 0 Å². The van der Waals surface area contributed by atoms with Crippen LogP contribution in [0.2, 0.25) is 0 Å². The van der Waals surface area contributed by atoms with Crippen molar-refractivity contribution in [1.29, 1.82) is 0 Å². The summed E-state index contributed by atoms with van der Waals surface area (Å²) in [7, 11) is 2.30. The molecule has 7 heteroatoms. The van der Waals surface area contributed by atoms with Crippen LogP contribution in [-0.2, 0) is 9.59 Å². The van der Waals surface area contributed by atoms with Crippen molar-refractivity contribution in [2.45, 2.75) is 31.3 Å². The summed E-state index contributed by atoms with van der Waals surface area (Å²) in [6.45, 7) is 2.30. The Morgan fingerprint density at radius 3 is 2.14 bits per heavy atom. The molecule has 0 saturated carbocycles. The van der Waals surface area contributed by atoms with Crippen LogP contribution < -0.4 is 4.90 Å². The molecule has 0 aliphatic carbocycles. The zero-order valence-electron chi connectivity index (χ0n) is 19.6. The zero-order chi connectivity index (χ0) is 24.8. The Bertz CT molecular complexity index is 1250. The highest BCUT2D eigenvalue weighted by molar-refractivity contribution is 5.89. The number of aliphatic carboxylic acids is 2. The number of nitrogens with zero attached hydrogens (tertiary/aromatic N) is 2. The third-order valence-electron chi connectivity index (χ3n) is 6.59. The van der Waals surface area contributed by atoms with Gasteiger partial charge in [0, 0.05) is 71.2 Å². The number of aromatic nitrogens is 1. The van der Waals surface area contributed by atoms with Gasteiger partial charge in [0.2, 0.25) is 0 Å². The lowest BCUT2D eigenvalue weighted by molar-refractivity contribution is -0.134. The number of anilines is 1. The number of nitrogens with one attached hydrogen (secondary N) is 1. The van der Waals surface area contributed by atoms with Gasteiger partial charge in [-0.15, -0.1) is 0 Å². The van der Waals surface area contributed by atoms with Crippen LogP contribution in [0.25, 0.3) is 10.9 Å². The number of hydrogen-bond acceptors (Lipinski definition) is 4. The Balaban J connectivity index is 0.000000314. The van der Waals surface area contributed by atoms with E-state index in [1.54, 1.807) is 0 Å². The number of H-pyrrole nitrogens is 1. The highest BCUT2D eigenvalue weighted by Gasteiger charge is 2.34. The zero-order valence-corrected chi connectivity index (χ0v) is 19.6. The van der Waals surface area contributed by atoms with Gasteiger partial charge in [0.05, 0.1) is 0 Å². The van der Waals surface area contributed by atoms with Crippen LogP contribution in [0.3, 0.4) is 0 Å². The second-order valence-corrected chi connectivity index (χ2v) is 8.90. The molecule has 0 spiro atoms. The topological polar surface area (TPSA) is 96.9 Å². The van der Waals surface area contributed by atoms with Crippen molar-refractivity contribution in [1.82, 2.24) is 9.88 Å². The summed E-state index contributed by atoms with van der Waals surface area (Å²) in [5.41, 5.74) is 4.61. The maximum absolute atomic E-state index is 9.55. The Hall–Kier alpha value is -4.02. The molecule has 5 rings (SSSR count). The molecule has 2 aromatic carbocycles. The monoisotopic (exact) mass is 471 g/mol. The molecule has 2 atom stereocenters. The molecule has 2 aliphatic heterocycles. The molecule has 2 bridgehead atoms. The minimum absolute atomic E-state index is 0.558. The van der Waals surface area contributed by atoms with Crippen LogP contribution >= 0.6 is 0 Å². The first-order valence-electron chi connectivity index (χ1n) is 11.7. The first-order chi connectivity index (χ1) is 16.9. The van der Waals surface area contributed by atoms with Gasteiger partial charge in [-0.1, -0.05) is 18.3 Å². The summed E-state index contributed by atoms with van der Waals surface area (Å²) in [6, 6.07) is 18.6. The van der Waals surface area contributed by atoms with E-state index in [1.807, 2.05) is 6.20 Å².